The highest BCUT2D eigenvalue weighted by Crippen LogP contribution is 2.37. The summed E-state index contributed by atoms with van der Waals surface area (Å²) in [5.74, 6) is 0.748. The van der Waals surface area contributed by atoms with E-state index in [0.717, 1.165) is 51.4 Å². The molecule has 2 aromatic heterocycles. The number of phenols is 1. The summed E-state index contributed by atoms with van der Waals surface area (Å²) in [7, 11) is 1.44. The van der Waals surface area contributed by atoms with Gasteiger partial charge in [0.15, 0.2) is 5.82 Å². The van der Waals surface area contributed by atoms with Crippen LogP contribution in [0.4, 0.5) is 11.5 Å². The van der Waals surface area contributed by atoms with Crippen molar-refractivity contribution in [2.24, 2.45) is 0 Å². The molecule has 0 saturated carbocycles. The number of hydrogen-bond donors (Lipinski definition) is 2. The molecule has 32 heavy (non-hydrogen) atoms. The van der Waals surface area contributed by atoms with E-state index in [2.05, 4.69) is 50.5 Å². The third-order valence-corrected chi connectivity index (χ3v) is 6.83. The van der Waals surface area contributed by atoms with E-state index >= 15 is 0 Å². The summed E-state index contributed by atoms with van der Waals surface area (Å²) < 4.78 is 5.83. The summed E-state index contributed by atoms with van der Waals surface area (Å²) in [4.78, 5) is 23.8. The molecule has 1 fully saturated rings. The van der Waals surface area contributed by atoms with Gasteiger partial charge in [0.2, 0.25) is 0 Å². The van der Waals surface area contributed by atoms with Gasteiger partial charge in [0.1, 0.15) is 18.1 Å². The van der Waals surface area contributed by atoms with Crippen LogP contribution in [0.25, 0.3) is 20.7 Å². The van der Waals surface area contributed by atoms with Gasteiger partial charge in [0.25, 0.3) is 0 Å². The average Bonchev–Trinajstić information content (AvgIpc) is 3.22. The molecule has 1 aliphatic rings. The van der Waals surface area contributed by atoms with Crippen molar-refractivity contribution in [2.75, 3.05) is 19.0 Å². The third kappa shape index (κ3) is 4.02. The smallest absolute Gasteiger partial charge is 0.323 e. The van der Waals surface area contributed by atoms with E-state index in [4.69, 9.17) is 4.74 Å². The minimum absolute atomic E-state index is 0.127. The number of aromatic nitrogens is 2. The number of nitrogens with zero attached hydrogens (tertiary/aromatic N) is 3. The molecule has 1 atom stereocenters. The standard InChI is InChI=1S/C24H22N4O3S/c1-31-24(30)20-9-10-28(20)13-15-5-7-16(8-6-15)21-12-19-22(32-21)23(26-14-25-19)27-17-3-2-4-18(29)11-17/h2-8,11-12,14,20,29H,9-10,13H2,1H3,(H,25,26,27). The molecule has 0 spiro atoms. The van der Waals surface area contributed by atoms with Crippen molar-refractivity contribution in [3.8, 4) is 16.2 Å². The molecule has 1 aliphatic heterocycles. The summed E-state index contributed by atoms with van der Waals surface area (Å²) in [6.07, 6.45) is 2.39. The van der Waals surface area contributed by atoms with Gasteiger partial charge in [0, 0.05) is 29.7 Å². The van der Waals surface area contributed by atoms with Crippen molar-refractivity contribution < 1.29 is 14.6 Å². The lowest BCUT2D eigenvalue weighted by Gasteiger charge is -2.38. The monoisotopic (exact) mass is 446 g/mol. The van der Waals surface area contributed by atoms with Gasteiger partial charge in [-0.15, -0.1) is 11.3 Å². The summed E-state index contributed by atoms with van der Waals surface area (Å²) in [5.41, 5.74) is 3.90. The highest BCUT2D eigenvalue weighted by Gasteiger charge is 2.34. The van der Waals surface area contributed by atoms with Gasteiger partial charge in [-0.2, -0.15) is 0 Å². The predicted octanol–water partition coefficient (Wildman–Crippen LogP) is 4.55. The number of nitrogens with one attached hydrogen (secondary N) is 1. The fraction of sp³-hybridized carbons (Fsp3) is 0.208. The number of carbonyl (C=O) groups excluding carboxylic acids is 1. The zero-order valence-corrected chi connectivity index (χ0v) is 18.3. The largest absolute Gasteiger partial charge is 0.508 e. The van der Waals surface area contributed by atoms with Crippen LogP contribution in [0.5, 0.6) is 5.75 Å². The van der Waals surface area contributed by atoms with Crippen LogP contribution in [-0.4, -0.2) is 45.6 Å². The number of hydrogen-bond acceptors (Lipinski definition) is 8. The number of esters is 1. The average molecular weight is 447 g/mol. The molecule has 5 rings (SSSR count). The zero-order chi connectivity index (χ0) is 22.1. The third-order valence-electron chi connectivity index (χ3n) is 5.65. The van der Waals surface area contributed by atoms with Gasteiger partial charge >= 0.3 is 5.97 Å². The van der Waals surface area contributed by atoms with Crippen LogP contribution in [0.3, 0.4) is 0 Å². The molecule has 1 saturated heterocycles. The van der Waals surface area contributed by atoms with Gasteiger partial charge in [-0.05, 0) is 35.7 Å². The summed E-state index contributed by atoms with van der Waals surface area (Å²) in [6.45, 7) is 1.64. The Labute approximate surface area is 189 Å². The predicted molar refractivity (Wildman–Crippen MR) is 125 cm³/mol. The highest BCUT2D eigenvalue weighted by molar-refractivity contribution is 7.22. The number of aromatic hydroxyl groups is 1. The van der Waals surface area contributed by atoms with Crippen molar-refractivity contribution in [3.05, 3.63) is 66.5 Å². The lowest BCUT2D eigenvalue weighted by molar-refractivity contribution is -0.152. The summed E-state index contributed by atoms with van der Waals surface area (Å²) >= 11 is 1.62. The zero-order valence-electron chi connectivity index (χ0n) is 17.5. The van der Waals surface area contributed by atoms with Gasteiger partial charge in [-0.1, -0.05) is 30.3 Å². The van der Waals surface area contributed by atoms with E-state index < -0.39 is 0 Å². The maximum atomic E-state index is 11.8. The summed E-state index contributed by atoms with van der Waals surface area (Å²) in [5, 5.41) is 13.0. The maximum absolute atomic E-state index is 11.8. The number of ether oxygens (including phenoxy) is 1. The molecule has 1 unspecified atom stereocenters. The van der Waals surface area contributed by atoms with Crippen molar-refractivity contribution in [1.82, 2.24) is 14.9 Å². The Morgan fingerprint density at radius 1 is 1.22 bits per heavy atom. The molecule has 0 aliphatic carbocycles. The quantitative estimate of drug-likeness (QED) is 0.420. The topological polar surface area (TPSA) is 87.6 Å². The molecule has 8 heteroatoms. The molecule has 0 bridgehead atoms. The molecule has 2 aromatic carbocycles. The van der Waals surface area contributed by atoms with Crippen LogP contribution in [-0.2, 0) is 16.1 Å². The Kier molecular flexibility index (Phi) is 5.46. The summed E-state index contributed by atoms with van der Waals surface area (Å²) in [6, 6.07) is 17.3. The number of rotatable bonds is 6. The van der Waals surface area contributed by atoms with E-state index in [9.17, 15) is 9.90 Å². The highest BCUT2D eigenvalue weighted by atomic mass is 32.1. The first-order valence-electron chi connectivity index (χ1n) is 10.3. The Balaban J connectivity index is 1.35. The molecule has 0 radical (unpaired) electrons. The van der Waals surface area contributed by atoms with Gasteiger partial charge in [0.05, 0.1) is 17.3 Å². The van der Waals surface area contributed by atoms with Gasteiger partial charge in [-0.3, -0.25) is 9.69 Å². The Hall–Kier alpha value is -3.49. The maximum Gasteiger partial charge on any atom is 0.323 e. The molecule has 0 amide bonds. The number of phenolic OH excluding ortho intramolecular Hbond substituents is 1. The second kappa shape index (κ2) is 8.57. The lowest BCUT2D eigenvalue weighted by atomic mass is 10.0. The normalized spacial score (nSPS) is 16.0. The van der Waals surface area contributed by atoms with Crippen LogP contribution in [0.2, 0.25) is 0 Å². The van der Waals surface area contributed by atoms with Crippen LogP contribution in [0, 0.1) is 0 Å². The van der Waals surface area contributed by atoms with Crippen molar-refractivity contribution in [3.63, 3.8) is 0 Å². The first-order valence-corrected chi connectivity index (χ1v) is 11.1. The number of anilines is 2. The second-order valence-corrected chi connectivity index (χ2v) is 8.77. The minimum Gasteiger partial charge on any atom is -0.508 e. The van der Waals surface area contributed by atoms with E-state index in [-0.39, 0.29) is 17.8 Å². The first-order chi connectivity index (χ1) is 15.6. The van der Waals surface area contributed by atoms with Crippen LogP contribution < -0.4 is 5.32 Å². The van der Waals surface area contributed by atoms with Crippen LogP contribution in [0.15, 0.2) is 60.9 Å². The number of likely N-dealkylation sites (tertiary alicyclic amines) is 1. The van der Waals surface area contributed by atoms with Crippen molar-refractivity contribution in [1.29, 1.82) is 0 Å². The van der Waals surface area contributed by atoms with Gasteiger partial charge < -0.3 is 15.2 Å². The molecular weight excluding hydrogens is 424 g/mol. The second-order valence-electron chi connectivity index (χ2n) is 7.72. The number of fused-ring (bicyclic) bond motifs is 1. The Morgan fingerprint density at radius 2 is 2.06 bits per heavy atom. The molecule has 7 nitrogen and oxygen atoms in total. The number of carbonyl (C=O) groups is 1. The minimum atomic E-state index is -0.158. The Bertz CT molecular complexity index is 1270. The van der Waals surface area contributed by atoms with Crippen molar-refractivity contribution >= 4 is 39.0 Å². The van der Waals surface area contributed by atoms with E-state index in [0.29, 0.717) is 5.82 Å². The van der Waals surface area contributed by atoms with E-state index in [1.54, 1.807) is 29.5 Å². The van der Waals surface area contributed by atoms with Gasteiger partial charge in [-0.25, -0.2) is 9.97 Å². The Morgan fingerprint density at radius 3 is 2.78 bits per heavy atom. The van der Waals surface area contributed by atoms with E-state index in [1.807, 2.05) is 6.07 Å². The SMILES string of the molecule is COC(=O)C1CCN1Cc1ccc(-c2cc3ncnc(Nc4cccc(O)c4)c3s2)cc1. The first kappa shape index (κ1) is 20.4. The number of benzene rings is 2. The molecule has 162 valence electrons. The lowest BCUT2D eigenvalue weighted by Crippen LogP contribution is -2.52. The van der Waals surface area contributed by atoms with Crippen molar-refractivity contribution in [2.45, 2.75) is 19.0 Å². The molecule has 4 aromatic rings. The van der Waals surface area contributed by atoms with Crippen LogP contribution >= 0.6 is 11.3 Å². The number of methoxy groups -OCH3 is 1. The van der Waals surface area contributed by atoms with Crippen LogP contribution in [0.1, 0.15) is 12.0 Å². The molecule has 2 N–H and O–H groups in total. The fourth-order valence-corrected chi connectivity index (χ4v) is 4.91. The molecule has 3 heterocycles. The fourth-order valence-electron chi connectivity index (χ4n) is 3.85. The molecular formula is C24H22N4O3S. The van der Waals surface area contributed by atoms with E-state index in [1.165, 1.54) is 13.4 Å². The number of thiophene rings is 1.